The van der Waals surface area contributed by atoms with Crippen molar-refractivity contribution in [1.82, 2.24) is 15.3 Å². The zero-order valence-electron chi connectivity index (χ0n) is 8.02. The quantitative estimate of drug-likeness (QED) is 0.713. The molecule has 0 radical (unpaired) electrons. The molecule has 0 aliphatic carbocycles. The van der Waals surface area contributed by atoms with Crippen LogP contribution in [0, 0.1) is 0 Å². The highest BCUT2D eigenvalue weighted by Gasteiger charge is 2.07. The monoisotopic (exact) mass is 167 g/mol. The van der Waals surface area contributed by atoms with E-state index in [0.29, 0.717) is 0 Å². The minimum Gasteiger partial charge on any atom is -0.349 e. The van der Waals surface area contributed by atoms with Crippen LogP contribution in [-0.2, 0) is 6.42 Å². The zero-order chi connectivity index (χ0) is 9.03. The summed E-state index contributed by atoms with van der Waals surface area (Å²) >= 11 is 0. The van der Waals surface area contributed by atoms with Gasteiger partial charge in [-0.3, -0.25) is 0 Å². The topological polar surface area (TPSA) is 40.7 Å². The Hall–Kier alpha value is -0.830. The molecular weight excluding hydrogens is 150 g/mol. The summed E-state index contributed by atoms with van der Waals surface area (Å²) in [5, 5.41) is 3.40. The van der Waals surface area contributed by atoms with Crippen LogP contribution >= 0.6 is 0 Å². The Morgan fingerprint density at radius 2 is 2.25 bits per heavy atom. The van der Waals surface area contributed by atoms with Crippen molar-refractivity contribution in [1.29, 1.82) is 0 Å². The molecule has 0 amide bonds. The van der Waals surface area contributed by atoms with Crippen LogP contribution in [0.15, 0.2) is 12.4 Å². The number of aromatic nitrogens is 2. The number of aromatic amines is 1. The molecule has 3 heteroatoms. The van der Waals surface area contributed by atoms with E-state index in [0.717, 1.165) is 18.8 Å². The van der Waals surface area contributed by atoms with E-state index in [9.17, 15) is 0 Å². The van der Waals surface area contributed by atoms with Gasteiger partial charge < -0.3 is 10.3 Å². The maximum Gasteiger partial charge on any atom is 0.107 e. The summed E-state index contributed by atoms with van der Waals surface area (Å²) in [7, 11) is 0. The molecule has 1 aromatic rings. The Bertz CT molecular complexity index is 208. The second kappa shape index (κ2) is 3.72. The van der Waals surface area contributed by atoms with E-state index in [4.69, 9.17) is 0 Å². The van der Waals surface area contributed by atoms with Gasteiger partial charge in [0, 0.05) is 30.9 Å². The van der Waals surface area contributed by atoms with Crippen molar-refractivity contribution in [3.8, 4) is 0 Å². The van der Waals surface area contributed by atoms with Crippen LogP contribution < -0.4 is 5.32 Å². The fourth-order valence-corrected chi connectivity index (χ4v) is 0.991. The molecule has 12 heavy (non-hydrogen) atoms. The number of hydrogen-bond acceptors (Lipinski definition) is 2. The number of rotatable bonds is 3. The van der Waals surface area contributed by atoms with Crippen LogP contribution in [0.5, 0.6) is 0 Å². The number of H-pyrrole nitrogens is 1. The van der Waals surface area contributed by atoms with E-state index in [2.05, 4.69) is 36.1 Å². The minimum absolute atomic E-state index is 0.201. The van der Waals surface area contributed by atoms with Crippen molar-refractivity contribution in [2.24, 2.45) is 0 Å². The lowest BCUT2D eigenvalue weighted by Gasteiger charge is -2.19. The normalized spacial score (nSPS) is 11.9. The molecule has 0 bridgehead atoms. The first kappa shape index (κ1) is 9.26. The van der Waals surface area contributed by atoms with Crippen molar-refractivity contribution in [2.75, 3.05) is 6.54 Å². The van der Waals surface area contributed by atoms with Crippen LogP contribution in [0.2, 0.25) is 0 Å². The predicted octanol–water partition coefficient (Wildman–Crippen LogP) is 1.34. The molecular formula is C9H17N3. The molecule has 3 nitrogen and oxygen atoms in total. The van der Waals surface area contributed by atoms with Crippen molar-refractivity contribution >= 4 is 0 Å². The van der Waals surface area contributed by atoms with Gasteiger partial charge in [-0.1, -0.05) is 0 Å². The van der Waals surface area contributed by atoms with Crippen LogP contribution in [0.25, 0.3) is 0 Å². The standard InChI is InChI=1S/C9H17N3/c1-9(2,3)12-5-4-8-10-6-7-11-8/h6-7,12H,4-5H2,1-3H3,(H,10,11). The van der Waals surface area contributed by atoms with Crippen molar-refractivity contribution in [3.05, 3.63) is 18.2 Å². The Labute approximate surface area is 73.6 Å². The van der Waals surface area contributed by atoms with Crippen LogP contribution in [0.1, 0.15) is 26.6 Å². The average Bonchev–Trinajstić information content (AvgIpc) is 2.36. The lowest BCUT2D eigenvalue weighted by Crippen LogP contribution is -2.37. The first-order valence-electron chi connectivity index (χ1n) is 4.31. The van der Waals surface area contributed by atoms with Crippen molar-refractivity contribution in [2.45, 2.75) is 32.7 Å². The summed E-state index contributed by atoms with van der Waals surface area (Å²) in [5.41, 5.74) is 0.201. The maximum absolute atomic E-state index is 4.14. The second-order valence-electron chi connectivity index (χ2n) is 3.96. The summed E-state index contributed by atoms with van der Waals surface area (Å²) in [5.74, 6) is 1.05. The molecule has 68 valence electrons. The van der Waals surface area contributed by atoms with Gasteiger partial charge in [0.15, 0.2) is 0 Å². The lowest BCUT2D eigenvalue weighted by atomic mass is 10.1. The van der Waals surface area contributed by atoms with Gasteiger partial charge in [0.2, 0.25) is 0 Å². The fraction of sp³-hybridized carbons (Fsp3) is 0.667. The zero-order valence-corrected chi connectivity index (χ0v) is 8.02. The highest BCUT2D eigenvalue weighted by Crippen LogP contribution is 1.98. The van der Waals surface area contributed by atoms with Gasteiger partial charge in [0.25, 0.3) is 0 Å². The molecule has 0 atom stereocenters. The second-order valence-corrected chi connectivity index (χ2v) is 3.96. The lowest BCUT2D eigenvalue weighted by molar-refractivity contribution is 0.427. The van der Waals surface area contributed by atoms with Gasteiger partial charge in [-0.2, -0.15) is 0 Å². The van der Waals surface area contributed by atoms with E-state index in [1.807, 2.05) is 6.20 Å². The first-order chi connectivity index (χ1) is 5.58. The van der Waals surface area contributed by atoms with Crippen molar-refractivity contribution in [3.63, 3.8) is 0 Å². The van der Waals surface area contributed by atoms with E-state index >= 15 is 0 Å². The maximum atomic E-state index is 4.14. The number of nitrogens with one attached hydrogen (secondary N) is 2. The van der Waals surface area contributed by atoms with Gasteiger partial charge in [-0.25, -0.2) is 4.98 Å². The average molecular weight is 167 g/mol. The highest BCUT2D eigenvalue weighted by atomic mass is 15.0. The molecule has 0 fully saturated rings. The summed E-state index contributed by atoms with van der Waals surface area (Å²) in [4.78, 5) is 7.21. The number of hydrogen-bond donors (Lipinski definition) is 2. The van der Waals surface area contributed by atoms with Gasteiger partial charge in [-0.15, -0.1) is 0 Å². The minimum atomic E-state index is 0.201. The van der Waals surface area contributed by atoms with Crippen LogP contribution in [0.4, 0.5) is 0 Å². The molecule has 1 heterocycles. The van der Waals surface area contributed by atoms with E-state index in [-0.39, 0.29) is 5.54 Å². The molecule has 0 aromatic carbocycles. The first-order valence-corrected chi connectivity index (χ1v) is 4.31. The summed E-state index contributed by atoms with van der Waals surface area (Å²) in [6.07, 6.45) is 4.60. The molecule has 1 aromatic heterocycles. The largest absolute Gasteiger partial charge is 0.349 e. The summed E-state index contributed by atoms with van der Waals surface area (Å²) in [6, 6.07) is 0. The third kappa shape index (κ3) is 3.53. The molecule has 0 spiro atoms. The SMILES string of the molecule is CC(C)(C)NCCc1ncc[nH]1. The van der Waals surface area contributed by atoms with E-state index in [1.54, 1.807) is 6.20 Å². The van der Waals surface area contributed by atoms with Crippen LogP contribution in [0.3, 0.4) is 0 Å². The third-order valence-corrected chi connectivity index (χ3v) is 1.57. The molecule has 0 saturated carbocycles. The smallest absolute Gasteiger partial charge is 0.107 e. The predicted molar refractivity (Wildman–Crippen MR) is 50.0 cm³/mol. The number of nitrogens with zero attached hydrogens (tertiary/aromatic N) is 1. The van der Waals surface area contributed by atoms with Crippen LogP contribution in [-0.4, -0.2) is 22.1 Å². The highest BCUT2D eigenvalue weighted by molar-refractivity contribution is 4.88. The molecule has 0 saturated heterocycles. The molecule has 0 unspecified atom stereocenters. The summed E-state index contributed by atoms with van der Waals surface area (Å²) in [6.45, 7) is 7.45. The molecule has 0 aliphatic heterocycles. The van der Waals surface area contributed by atoms with Gasteiger partial charge in [0.1, 0.15) is 5.82 Å². The Morgan fingerprint density at radius 3 is 2.75 bits per heavy atom. The van der Waals surface area contributed by atoms with Gasteiger partial charge in [0.05, 0.1) is 0 Å². The fourth-order valence-electron chi connectivity index (χ4n) is 0.991. The van der Waals surface area contributed by atoms with Gasteiger partial charge >= 0.3 is 0 Å². The summed E-state index contributed by atoms with van der Waals surface area (Å²) < 4.78 is 0. The Morgan fingerprint density at radius 1 is 1.50 bits per heavy atom. The molecule has 1 rings (SSSR count). The Kier molecular flexibility index (Phi) is 2.87. The van der Waals surface area contributed by atoms with E-state index < -0.39 is 0 Å². The van der Waals surface area contributed by atoms with Gasteiger partial charge in [-0.05, 0) is 20.8 Å². The molecule has 2 N–H and O–H groups in total. The molecule has 0 aliphatic rings. The van der Waals surface area contributed by atoms with Crippen molar-refractivity contribution < 1.29 is 0 Å². The Balaban J connectivity index is 2.20. The third-order valence-electron chi connectivity index (χ3n) is 1.57. The number of imidazole rings is 1. The van der Waals surface area contributed by atoms with E-state index in [1.165, 1.54) is 0 Å².